The Kier molecular flexibility index (Phi) is 5.07. The van der Waals surface area contributed by atoms with Crippen LogP contribution in [-0.2, 0) is 4.79 Å². The van der Waals surface area contributed by atoms with Crippen LogP contribution in [0, 0.1) is 12.8 Å². The lowest BCUT2D eigenvalue weighted by molar-refractivity contribution is -0.117. The summed E-state index contributed by atoms with van der Waals surface area (Å²) in [5, 5.41) is 6.07. The maximum atomic E-state index is 12.3. The molecule has 2 N–H and O–H groups in total. The molecule has 0 unspecified atom stereocenters. The summed E-state index contributed by atoms with van der Waals surface area (Å²) in [6.07, 6.45) is 5.02. The zero-order valence-electron chi connectivity index (χ0n) is 14.5. The Hall–Kier alpha value is -2.04. The lowest BCUT2D eigenvalue weighted by Crippen LogP contribution is -2.49. The Balaban J connectivity index is 1.54. The third-order valence-electron chi connectivity index (χ3n) is 5.23. The average molecular weight is 329 g/mol. The van der Waals surface area contributed by atoms with Crippen molar-refractivity contribution in [3.63, 3.8) is 0 Å². The van der Waals surface area contributed by atoms with Gasteiger partial charge in [0.1, 0.15) is 0 Å². The average Bonchev–Trinajstić information content (AvgIpc) is 2.90. The van der Waals surface area contributed by atoms with E-state index in [0.29, 0.717) is 18.9 Å². The van der Waals surface area contributed by atoms with E-state index in [4.69, 9.17) is 0 Å². The van der Waals surface area contributed by atoms with Gasteiger partial charge in [-0.2, -0.15) is 0 Å². The van der Waals surface area contributed by atoms with Crippen molar-refractivity contribution >= 4 is 17.6 Å². The maximum absolute atomic E-state index is 12.3. The highest BCUT2D eigenvalue weighted by Gasteiger charge is 2.32. The number of nitrogens with zero attached hydrogens (tertiary/aromatic N) is 1. The number of nitrogens with one attached hydrogen (secondary N) is 2. The Morgan fingerprint density at radius 2 is 1.83 bits per heavy atom. The first-order chi connectivity index (χ1) is 11.5. The molecule has 1 saturated carbocycles. The van der Waals surface area contributed by atoms with Crippen LogP contribution in [0.5, 0.6) is 0 Å². The van der Waals surface area contributed by atoms with Crippen LogP contribution in [0.4, 0.5) is 10.5 Å². The van der Waals surface area contributed by atoms with Gasteiger partial charge in [0.05, 0.1) is 6.04 Å². The molecular weight excluding hydrogens is 302 g/mol. The van der Waals surface area contributed by atoms with Crippen molar-refractivity contribution in [2.45, 2.75) is 58.0 Å². The number of carbonyl (C=O) groups excluding carboxylic acids is 2. The van der Waals surface area contributed by atoms with E-state index in [2.05, 4.69) is 17.6 Å². The van der Waals surface area contributed by atoms with E-state index < -0.39 is 0 Å². The van der Waals surface area contributed by atoms with Gasteiger partial charge < -0.3 is 15.5 Å². The standard InChI is InChI=1S/C19H27N3O2/c1-13-7-9-16(10-8-13)22-12-15(11-18(22)23)20-19(24)21-17-6-4-3-5-14(17)2/h7-10,14-15,17H,3-6,11-12H2,1-2H3,(H2,20,21,24)/t14-,15+,17-/m0/s1. The molecule has 0 spiro atoms. The van der Waals surface area contributed by atoms with Gasteiger partial charge in [-0.05, 0) is 37.8 Å². The highest BCUT2D eigenvalue weighted by Crippen LogP contribution is 2.24. The monoisotopic (exact) mass is 329 g/mol. The largest absolute Gasteiger partial charge is 0.335 e. The molecule has 5 heteroatoms. The van der Waals surface area contributed by atoms with Crippen LogP contribution in [-0.4, -0.2) is 30.6 Å². The van der Waals surface area contributed by atoms with E-state index in [-0.39, 0.29) is 24.0 Å². The van der Waals surface area contributed by atoms with Crippen molar-refractivity contribution in [2.75, 3.05) is 11.4 Å². The summed E-state index contributed by atoms with van der Waals surface area (Å²) >= 11 is 0. The zero-order chi connectivity index (χ0) is 17.1. The molecule has 1 aliphatic heterocycles. The third kappa shape index (κ3) is 3.89. The van der Waals surface area contributed by atoms with Crippen molar-refractivity contribution in [3.8, 4) is 0 Å². The van der Waals surface area contributed by atoms with E-state index in [1.807, 2.05) is 31.2 Å². The molecule has 3 amide bonds. The molecule has 1 aliphatic carbocycles. The van der Waals surface area contributed by atoms with E-state index >= 15 is 0 Å². The Morgan fingerprint density at radius 1 is 1.12 bits per heavy atom. The fourth-order valence-corrected chi connectivity index (χ4v) is 3.70. The third-order valence-corrected chi connectivity index (χ3v) is 5.23. The van der Waals surface area contributed by atoms with Crippen molar-refractivity contribution in [1.82, 2.24) is 10.6 Å². The molecular formula is C19H27N3O2. The fourth-order valence-electron chi connectivity index (χ4n) is 3.70. The van der Waals surface area contributed by atoms with Crippen LogP contribution in [0.1, 0.15) is 44.6 Å². The number of benzene rings is 1. The lowest BCUT2D eigenvalue weighted by Gasteiger charge is -2.30. The van der Waals surface area contributed by atoms with Gasteiger partial charge in [-0.1, -0.05) is 37.5 Å². The molecule has 3 atom stereocenters. The summed E-state index contributed by atoms with van der Waals surface area (Å²) in [5.41, 5.74) is 2.07. The van der Waals surface area contributed by atoms with E-state index in [1.54, 1.807) is 4.90 Å². The summed E-state index contributed by atoms with van der Waals surface area (Å²) in [7, 11) is 0. The molecule has 0 radical (unpaired) electrons. The zero-order valence-corrected chi connectivity index (χ0v) is 14.5. The summed E-state index contributed by atoms with van der Waals surface area (Å²) in [4.78, 5) is 26.3. The minimum absolute atomic E-state index is 0.0650. The van der Waals surface area contributed by atoms with Crippen molar-refractivity contribution in [2.24, 2.45) is 5.92 Å². The Bertz CT molecular complexity index is 599. The van der Waals surface area contributed by atoms with Crippen molar-refractivity contribution < 1.29 is 9.59 Å². The maximum Gasteiger partial charge on any atom is 0.315 e. The van der Waals surface area contributed by atoms with Crippen molar-refractivity contribution in [3.05, 3.63) is 29.8 Å². The molecule has 0 bridgehead atoms. The normalized spacial score (nSPS) is 27.2. The van der Waals surface area contributed by atoms with Crippen LogP contribution in [0.25, 0.3) is 0 Å². The number of hydrogen-bond acceptors (Lipinski definition) is 2. The van der Waals surface area contributed by atoms with Gasteiger partial charge >= 0.3 is 6.03 Å². The molecule has 1 saturated heterocycles. The first kappa shape index (κ1) is 16.8. The minimum Gasteiger partial charge on any atom is -0.335 e. The van der Waals surface area contributed by atoms with Crippen LogP contribution in [0.15, 0.2) is 24.3 Å². The Morgan fingerprint density at radius 3 is 2.54 bits per heavy atom. The molecule has 5 nitrogen and oxygen atoms in total. The van der Waals surface area contributed by atoms with Crippen molar-refractivity contribution in [1.29, 1.82) is 0 Å². The van der Waals surface area contributed by atoms with Gasteiger partial charge in [0.2, 0.25) is 5.91 Å². The molecule has 1 aromatic carbocycles. The molecule has 0 aromatic heterocycles. The molecule has 2 fully saturated rings. The second-order valence-electron chi connectivity index (χ2n) is 7.23. The quantitative estimate of drug-likeness (QED) is 0.895. The number of hydrogen-bond donors (Lipinski definition) is 2. The summed E-state index contributed by atoms with van der Waals surface area (Å²) < 4.78 is 0. The highest BCUT2D eigenvalue weighted by atomic mass is 16.2. The molecule has 1 aromatic rings. The fraction of sp³-hybridized carbons (Fsp3) is 0.579. The van der Waals surface area contributed by atoms with Gasteiger partial charge in [0.15, 0.2) is 0 Å². The van der Waals surface area contributed by atoms with E-state index in [0.717, 1.165) is 12.1 Å². The molecule has 3 rings (SSSR count). The predicted molar refractivity (Wildman–Crippen MR) is 95.0 cm³/mol. The number of aryl methyl sites for hydroxylation is 1. The molecule has 2 aliphatic rings. The van der Waals surface area contributed by atoms with E-state index in [9.17, 15) is 9.59 Å². The smallest absolute Gasteiger partial charge is 0.315 e. The lowest BCUT2D eigenvalue weighted by atomic mass is 9.86. The second kappa shape index (κ2) is 7.24. The minimum atomic E-state index is -0.141. The number of carbonyl (C=O) groups is 2. The molecule has 130 valence electrons. The molecule has 1 heterocycles. The number of anilines is 1. The first-order valence-electron chi connectivity index (χ1n) is 8.97. The van der Waals surface area contributed by atoms with Crippen LogP contribution in [0.3, 0.4) is 0 Å². The van der Waals surface area contributed by atoms with Crippen LogP contribution < -0.4 is 15.5 Å². The van der Waals surface area contributed by atoms with E-state index in [1.165, 1.54) is 24.8 Å². The first-order valence-corrected chi connectivity index (χ1v) is 8.97. The number of rotatable bonds is 3. The summed E-state index contributed by atoms with van der Waals surface area (Å²) in [6, 6.07) is 7.90. The van der Waals surface area contributed by atoms with Gasteiger partial charge in [-0.15, -0.1) is 0 Å². The Labute approximate surface area is 143 Å². The summed E-state index contributed by atoms with van der Waals surface area (Å²) in [5.74, 6) is 0.592. The van der Waals surface area contributed by atoms with Gasteiger partial charge in [-0.25, -0.2) is 4.79 Å². The highest BCUT2D eigenvalue weighted by molar-refractivity contribution is 5.96. The SMILES string of the molecule is Cc1ccc(N2C[C@H](NC(=O)N[C@H]3CCCC[C@@H]3C)CC2=O)cc1. The number of urea groups is 1. The predicted octanol–water partition coefficient (Wildman–Crippen LogP) is 2.98. The van der Waals surface area contributed by atoms with Crippen LogP contribution >= 0.6 is 0 Å². The number of amides is 3. The topological polar surface area (TPSA) is 61.4 Å². The summed E-state index contributed by atoms with van der Waals surface area (Å²) in [6.45, 7) is 4.76. The second-order valence-corrected chi connectivity index (χ2v) is 7.23. The van der Waals surface area contributed by atoms with Crippen LogP contribution in [0.2, 0.25) is 0 Å². The van der Waals surface area contributed by atoms with Gasteiger partial charge in [-0.3, -0.25) is 4.79 Å². The van der Waals surface area contributed by atoms with Gasteiger partial charge in [0.25, 0.3) is 0 Å². The van der Waals surface area contributed by atoms with Gasteiger partial charge in [0, 0.05) is 24.7 Å². The molecule has 24 heavy (non-hydrogen) atoms.